The average molecular weight is 347 g/mol. The van der Waals surface area contributed by atoms with E-state index in [-0.39, 0.29) is 18.9 Å². The number of carboxylic acids is 1. The summed E-state index contributed by atoms with van der Waals surface area (Å²) >= 11 is 1.44. The van der Waals surface area contributed by atoms with E-state index in [4.69, 9.17) is 0 Å². The van der Waals surface area contributed by atoms with Crippen LogP contribution >= 0.6 is 11.8 Å². The maximum atomic E-state index is 12.1. The fourth-order valence-corrected chi connectivity index (χ4v) is 3.58. The Morgan fingerprint density at radius 1 is 1.38 bits per heavy atom. The summed E-state index contributed by atoms with van der Waals surface area (Å²) in [6.45, 7) is -0.108. The zero-order chi connectivity index (χ0) is 17.1. The molecule has 1 aromatic carbocycles. The molecule has 8 heteroatoms. The van der Waals surface area contributed by atoms with E-state index in [0.29, 0.717) is 11.6 Å². The van der Waals surface area contributed by atoms with Gasteiger partial charge in [-0.3, -0.25) is 9.59 Å². The van der Waals surface area contributed by atoms with Gasteiger partial charge in [-0.2, -0.15) is 0 Å². The van der Waals surface area contributed by atoms with Gasteiger partial charge in [0, 0.05) is 23.5 Å². The predicted molar refractivity (Wildman–Crippen MR) is 90.6 cm³/mol. The Morgan fingerprint density at radius 2 is 2.17 bits per heavy atom. The van der Waals surface area contributed by atoms with Gasteiger partial charge in [0.2, 0.25) is 11.8 Å². The summed E-state index contributed by atoms with van der Waals surface area (Å²) in [4.78, 5) is 39.6. The summed E-state index contributed by atoms with van der Waals surface area (Å²) < 4.78 is 0. The Kier molecular flexibility index (Phi) is 4.75. The minimum absolute atomic E-state index is 0.0985. The van der Waals surface area contributed by atoms with Crippen molar-refractivity contribution in [2.45, 2.75) is 12.5 Å². The van der Waals surface area contributed by atoms with Crippen molar-refractivity contribution in [3.8, 4) is 0 Å². The van der Waals surface area contributed by atoms with Gasteiger partial charge in [0.05, 0.1) is 11.6 Å². The number of thioether (sulfide) groups is 1. The van der Waals surface area contributed by atoms with Gasteiger partial charge in [0.15, 0.2) is 0 Å². The highest BCUT2D eigenvalue weighted by Crippen LogP contribution is 2.19. The van der Waals surface area contributed by atoms with E-state index in [9.17, 15) is 19.5 Å². The van der Waals surface area contributed by atoms with Crippen molar-refractivity contribution < 1.29 is 19.5 Å². The number of hydrogen-bond donors (Lipinski definition) is 3. The predicted octanol–water partition coefficient (Wildman–Crippen LogP) is 0.813. The van der Waals surface area contributed by atoms with Gasteiger partial charge in [-0.15, -0.1) is 11.8 Å². The lowest BCUT2D eigenvalue weighted by Crippen LogP contribution is -2.47. The molecule has 1 aliphatic rings. The van der Waals surface area contributed by atoms with Gasteiger partial charge in [-0.1, -0.05) is 18.2 Å². The third kappa shape index (κ3) is 3.53. The van der Waals surface area contributed by atoms with Crippen LogP contribution in [-0.4, -0.2) is 57.0 Å². The summed E-state index contributed by atoms with van der Waals surface area (Å²) in [5, 5.41) is 12.8. The number of carbonyl (C=O) groups excluding carboxylic acids is 2. The lowest BCUT2D eigenvalue weighted by Gasteiger charge is -2.18. The average Bonchev–Trinajstić information content (AvgIpc) is 3.14. The second-order valence-corrected chi connectivity index (χ2v) is 6.55. The number of benzene rings is 1. The normalized spacial score (nSPS) is 15.7. The molecule has 1 fully saturated rings. The first-order chi connectivity index (χ1) is 11.5. The monoisotopic (exact) mass is 347 g/mol. The molecule has 24 heavy (non-hydrogen) atoms. The number of nitrogens with zero attached hydrogens (tertiary/aromatic N) is 1. The smallest absolute Gasteiger partial charge is 0.326 e. The van der Waals surface area contributed by atoms with Crippen molar-refractivity contribution in [3.63, 3.8) is 0 Å². The van der Waals surface area contributed by atoms with Crippen LogP contribution in [0.3, 0.4) is 0 Å². The van der Waals surface area contributed by atoms with E-state index in [0.717, 1.165) is 16.5 Å². The molecule has 0 aliphatic carbocycles. The number of rotatable bonds is 6. The highest BCUT2D eigenvalue weighted by atomic mass is 32.2. The summed E-state index contributed by atoms with van der Waals surface area (Å²) in [6, 6.07) is 6.54. The molecule has 0 saturated carbocycles. The first-order valence-corrected chi connectivity index (χ1v) is 8.63. The topological polar surface area (TPSA) is 103 Å². The molecule has 1 saturated heterocycles. The number of carboxylic acid groups (broad SMARTS) is 1. The van der Waals surface area contributed by atoms with Crippen LogP contribution in [0.25, 0.3) is 10.9 Å². The van der Waals surface area contributed by atoms with Crippen molar-refractivity contribution in [1.82, 2.24) is 15.2 Å². The third-order valence-electron chi connectivity index (χ3n) is 3.89. The second-order valence-electron chi connectivity index (χ2n) is 5.59. The number of aromatic nitrogens is 1. The minimum atomic E-state index is -1.10. The molecule has 0 bridgehead atoms. The Hall–Kier alpha value is -2.48. The molecule has 126 valence electrons. The summed E-state index contributed by atoms with van der Waals surface area (Å²) in [5.41, 5.74) is 1.74. The van der Waals surface area contributed by atoms with E-state index >= 15 is 0 Å². The molecule has 3 N–H and O–H groups in total. The standard InChI is InChI=1S/C16H17N3O4S/c20-14(7-19-9-24-8-15(19)21)18-13(16(22)23)5-10-6-17-12-4-2-1-3-11(10)12/h1-4,6,13,17H,5,7-9H2,(H,18,20)(H,22,23)/t13-/m0/s1. The number of hydrogen-bond acceptors (Lipinski definition) is 4. The number of fused-ring (bicyclic) bond motifs is 1. The van der Waals surface area contributed by atoms with Crippen LogP contribution in [0.4, 0.5) is 0 Å². The zero-order valence-electron chi connectivity index (χ0n) is 12.8. The van der Waals surface area contributed by atoms with Gasteiger partial charge in [-0.05, 0) is 11.6 Å². The highest BCUT2D eigenvalue weighted by Gasteiger charge is 2.26. The molecule has 1 aromatic heterocycles. The first-order valence-electron chi connectivity index (χ1n) is 7.47. The van der Waals surface area contributed by atoms with E-state index < -0.39 is 17.9 Å². The minimum Gasteiger partial charge on any atom is -0.480 e. The van der Waals surface area contributed by atoms with Crippen LogP contribution in [0.5, 0.6) is 0 Å². The number of para-hydroxylation sites is 1. The van der Waals surface area contributed by atoms with Gasteiger partial charge in [0.1, 0.15) is 12.6 Å². The number of aromatic amines is 1. The summed E-state index contributed by atoms with van der Waals surface area (Å²) in [6.07, 6.45) is 1.93. The fraction of sp³-hybridized carbons (Fsp3) is 0.312. The molecule has 2 amide bonds. The highest BCUT2D eigenvalue weighted by molar-refractivity contribution is 8.00. The van der Waals surface area contributed by atoms with Gasteiger partial charge >= 0.3 is 5.97 Å². The lowest BCUT2D eigenvalue weighted by molar-refractivity contribution is -0.142. The molecule has 0 spiro atoms. The molecular weight excluding hydrogens is 330 g/mol. The summed E-state index contributed by atoms with van der Waals surface area (Å²) in [7, 11) is 0. The van der Waals surface area contributed by atoms with Crippen LogP contribution in [0.15, 0.2) is 30.5 Å². The molecule has 0 radical (unpaired) electrons. The second kappa shape index (κ2) is 6.96. The SMILES string of the molecule is O=C(CN1CSCC1=O)N[C@@H](Cc1c[nH]c2ccccc12)C(=O)O. The molecular formula is C16H17N3O4S. The van der Waals surface area contributed by atoms with Gasteiger partial charge in [0.25, 0.3) is 0 Å². The Morgan fingerprint density at radius 3 is 2.88 bits per heavy atom. The zero-order valence-corrected chi connectivity index (χ0v) is 13.6. The maximum Gasteiger partial charge on any atom is 0.326 e. The van der Waals surface area contributed by atoms with Crippen molar-refractivity contribution in [1.29, 1.82) is 0 Å². The Bertz CT molecular complexity index is 788. The van der Waals surface area contributed by atoms with Crippen LogP contribution in [0, 0.1) is 0 Å². The molecule has 0 unspecified atom stereocenters. The molecule has 1 atom stereocenters. The van der Waals surface area contributed by atoms with Gasteiger partial charge in [-0.25, -0.2) is 4.79 Å². The number of H-pyrrole nitrogens is 1. The fourth-order valence-electron chi connectivity index (χ4n) is 2.67. The largest absolute Gasteiger partial charge is 0.480 e. The number of amides is 2. The van der Waals surface area contributed by atoms with Crippen molar-refractivity contribution in [2.75, 3.05) is 18.2 Å². The van der Waals surface area contributed by atoms with Gasteiger partial charge < -0.3 is 20.3 Å². The Labute approximate surface area is 142 Å². The third-order valence-corrected chi connectivity index (χ3v) is 4.84. The quantitative estimate of drug-likeness (QED) is 0.718. The van der Waals surface area contributed by atoms with Crippen molar-refractivity contribution >= 4 is 40.4 Å². The van der Waals surface area contributed by atoms with Crippen LogP contribution in [0.1, 0.15) is 5.56 Å². The first kappa shape index (κ1) is 16.4. The molecule has 3 rings (SSSR count). The molecule has 2 aromatic rings. The van der Waals surface area contributed by atoms with E-state index in [1.165, 1.54) is 16.7 Å². The lowest BCUT2D eigenvalue weighted by atomic mass is 10.0. The molecule has 2 heterocycles. The van der Waals surface area contributed by atoms with Crippen molar-refractivity contribution in [3.05, 3.63) is 36.0 Å². The van der Waals surface area contributed by atoms with Crippen LogP contribution < -0.4 is 5.32 Å². The van der Waals surface area contributed by atoms with Crippen LogP contribution in [0.2, 0.25) is 0 Å². The summed E-state index contributed by atoms with van der Waals surface area (Å²) in [5.74, 6) is -0.829. The van der Waals surface area contributed by atoms with Crippen LogP contribution in [-0.2, 0) is 20.8 Å². The molecule has 1 aliphatic heterocycles. The maximum absolute atomic E-state index is 12.1. The number of carbonyl (C=O) groups is 3. The van der Waals surface area contributed by atoms with E-state index in [1.54, 1.807) is 6.20 Å². The van der Waals surface area contributed by atoms with E-state index in [2.05, 4.69) is 10.3 Å². The van der Waals surface area contributed by atoms with Crippen molar-refractivity contribution in [2.24, 2.45) is 0 Å². The van der Waals surface area contributed by atoms with E-state index in [1.807, 2.05) is 24.3 Å². The number of aliphatic carboxylic acids is 1. The number of nitrogens with one attached hydrogen (secondary N) is 2. The Balaban J connectivity index is 1.67. The molecule has 7 nitrogen and oxygen atoms in total.